The van der Waals surface area contributed by atoms with Crippen molar-refractivity contribution in [1.29, 1.82) is 5.41 Å². The van der Waals surface area contributed by atoms with E-state index in [1.807, 2.05) is 0 Å². The van der Waals surface area contributed by atoms with E-state index in [0.29, 0.717) is 18.1 Å². The van der Waals surface area contributed by atoms with Crippen molar-refractivity contribution >= 4 is 5.96 Å². The zero-order valence-electron chi connectivity index (χ0n) is 8.75. The van der Waals surface area contributed by atoms with Gasteiger partial charge in [0.05, 0.1) is 12.1 Å². The van der Waals surface area contributed by atoms with E-state index in [0.717, 1.165) is 5.96 Å². The maximum absolute atomic E-state index is 7.99. The highest BCUT2D eigenvalue weighted by Gasteiger charge is 2.44. The number of fused-ring (bicyclic) bond motifs is 1. The minimum Gasteiger partial charge on any atom is -0.341 e. The molecule has 1 heterocycles. The first kappa shape index (κ1) is 8.85. The molecule has 0 bridgehead atoms. The van der Waals surface area contributed by atoms with Gasteiger partial charge in [-0.05, 0) is 33.1 Å². The van der Waals surface area contributed by atoms with Gasteiger partial charge in [-0.1, -0.05) is 0 Å². The van der Waals surface area contributed by atoms with Crippen LogP contribution >= 0.6 is 0 Å². The Bertz CT molecular complexity index is 224. The molecular weight excluding hydrogens is 162 g/mol. The van der Waals surface area contributed by atoms with Crippen LogP contribution < -0.4 is 0 Å². The van der Waals surface area contributed by atoms with Gasteiger partial charge in [0.2, 0.25) is 0 Å². The normalized spacial score (nSPS) is 33.4. The van der Waals surface area contributed by atoms with Crippen molar-refractivity contribution in [2.24, 2.45) is 0 Å². The van der Waals surface area contributed by atoms with Gasteiger partial charge in [0.15, 0.2) is 5.96 Å². The topological polar surface area (TPSA) is 30.3 Å². The molecule has 1 N–H and O–H groups in total. The maximum Gasteiger partial charge on any atom is 0.194 e. The number of likely N-dealkylation sites (N-methyl/N-ethyl adjacent to an activating group) is 1. The van der Waals surface area contributed by atoms with E-state index < -0.39 is 0 Å². The summed E-state index contributed by atoms with van der Waals surface area (Å²) in [6.45, 7) is 4.37. The second-order valence-corrected chi connectivity index (χ2v) is 4.50. The molecule has 0 aromatic rings. The molecule has 1 aliphatic carbocycles. The number of guanidine groups is 1. The Hall–Kier alpha value is -0.730. The molecule has 1 saturated heterocycles. The van der Waals surface area contributed by atoms with E-state index in [9.17, 15) is 0 Å². The number of nitrogens with one attached hydrogen (secondary N) is 1. The molecule has 2 atom stereocenters. The fourth-order valence-electron chi connectivity index (χ4n) is 2.82. The third-order valence-corrected chi connectivity index (χ3v) is 3.43. The molecule has 2 unspecified atom stereocenters. The lowest BCUT2D eigenvalue weighted by Crippen LogP contribution is -2.40. The summed E-state index contributed by atoms with van der Waals surface area (Å²) in [5.41, 5.74) is 0. The SMILES string of the molecule is CC(C)N1C(=N)N(C)C2CCCC21. The van der Waals surface area contributed by atoms with E-state index in [1.165, 1.54) is 19.3 Å². The number of hydrogen-bond donors (Lipinski definition) is 1. The van der Waals surface area contributed by atoms with E-state index in [-0.39, 0.29) is 0 Å². The quantitative estimate of drug-likeness (QED) is 0.664. The molecule has 2 rings (SSSR count). The Morgan fingerprint density at radius 1 is 1.31 bits per heavy atom. The molecule has 0 radical (unpaired) electrons. The zero-order valence-corrected chi connectivity index (χ0v) is 8.75. The van der Waals surface area contributed by atoms with Crippen molar-refractivity contribution in [3.05, 3.63) is 0 Å². The predicted molar refractivity (Wildman–Crippen MR) is 53.9 cm³/mol. The van der Waals surface area contributed by atoms with Gasteiger partial charge >= 0.3 is 0 Å². The number of rotatable bonds is 1. The first-order valence-electron chi connectivity index (χ1n) is 5.22. The van der Waals surface area contributed by atoms with Crippen molar-refractivity contribution < 1.29 is 0 Å². The largest absolute Gasteiger partial charge is 0.341 e. The van der Waals surface area contributed by atoms with Gasteiger partial charge < -0.3 is 9.80 Å². The summed E-state index contributed by atoms with van der Waals surface area (Å²) in [7, 11) is 2.06. The van der Waals surface area contributed by atoms with Gasteiger partial charge in [-0.15, -0.1) is 0 Å². The summed E-state index contributed by atoms with van der Waals surface area (Å²) >= 11 is 0. The van der Waals surface area contributed by atoms with Crippen LogP contribution in [-0.4, -0.2) is 40.9 Å². The van der Waals surface area contributed by atoms with Gasteiger partial charge in [0.1, 0.15) is 0 Å². The smallest absolute Gasteiger partial charge is 0.194 e. The molecule has 13 heavy (non-hydrogen) atoms. The van der Waals surface area contributed by atoms with E-state index in [2.05, 4.69) is 30.7 Å². The van der Waals surface area contributed by atoms with Crippen molar-refractivity contribution in [3.63, 3.8) is 0 Å². The molecule has 1 saturated carbocycles. The number of hydrogen-bond acceptors (Lipinski definition) is 1. The van der Waals surface area contributed by atoms with Crippen molar-refractivity contribution in [2.75, 3.05) is 7.05 Å². The second-order valence-electron chi connectivity index (χ2n) is 4.50. The molecule has 74 valence electrons. The zero-order chi connectivity index (χ0) is 9.59. The Kier molecular flexibility index (Phi) is 1.97. The molecular formula is C10H19N3. The molecule has 0 aromatic carbocycles. The van der Waals surface area contributed by atoms with Crippen LogP contribution in [0.5, 0.6) is 0 Å². The van der Waals surface area contributed by atoms with Crippen LogP contribution in [-0.2, 0) is 0 Å². The van der Waals surface area contributed by atoms with Gasteiger partial charge in [0.25, 0.3) is 0 Å². The summed E-state index contributed by atoms with van der Waals surface area (Å²) in [6, 6.07) is 1.72. The van der Waals surface area contributed by atoms with Crippen LogP contribution in [0.4, 0.5) is 0 Å². The highest BCUT2D eigenvalue weighted by molar-refractivity contribution is 5.80. The minimum atomic E-state index is 0.475. The van der Waals surface area contributed by atoms with Gasteiger partial charge in [-0.2, -0.15) is 0 Å². The molecule has 0 spiro atoms. The fourth-order valence-corrected chi connectivity index (χ4v) is 2.82. The summed E-state index contributed by atoms with van der Waals surface area (Å²) in [5, 5.41) is 7.99. The first-order chi connectivity index (χ1) is 6.13. The first-order valence-corrected chi connectivity index (χ1v) is 5.22. The lowest BCUT2D eigenvalue weighted by atomic mass is 10.1. The third kappa shape index (κ3) is 1.13. The van der Waals surface area contributed by atoms with Crippen molar-refractivity contribution in [2.45, 2.75) is 51.2 Å². The van der Waals surface area contributed by atoms with Gasteiger partial charge in [0, 0.05) is 13.1 Å². The Morgan fingerprint density at radius 3 is 2.54 bits per heavy atom. The van der Waals surface area contributed by atoms with E-state index >= 15 is 0 Å². The van der Waals surface area contributed by atoms with Crippen LogP contribution in [0.2, 0.25) is 0 Å². The fraction of sp³-hybridized carbons (Fsp3) is 0.900. The second kappa shape index (κ2) is 2.89. The summed E-state index contributed by atoms with van der Waals surface area (Å²) in [5.74, 6) is 0.727. The molecule has 2 aliphatic rings. The monoisotopic (exact) mass is 181 g/mol. The minimum absolute atomic E-state index is 0.475. The van der Waals surface area contributed by atoms with Crippen molar-refractivity contribution in [1.82, 2.24) is 9.80 Å². The maximum atomic E-state index is 7.99. The Labute approximate surface area is 80.2 Å². The average Bonchev–Trinajstić information content (AvgIpc) is 2.57. The van der Waals surface area contributed by atoms with Crippen molar-refractivity contribution in [3.8, 4) is 0 Å². The summed E-state index contributed by atoms with van der Waals surface area (Å²) < 4.78 is 0. The summed E-state index contributed by atoms with van der Waals surface area (Å²) in [6.07, 6.45) is 3.87. The highest BCUT2D eigenvalue weighted by atomic mass is 15.5. The lowest BCUT2D eigenvalue weighted by Gasteiger charge is -2.28. The van der Waals surface area contributed by atoms with Crippen LogP contribution in [0.25, 0.3) is 0 Å². The van der Waals surface area contributed by atoms with Crippen LogP contribution in [0.3, 0.4) is 0 Å². The van der Waals surface area contributed by atoms with Gasteiger partial charge in [-0.25, -0.2) is 0 Å². The summed E-state index contributed by atoms with van der Waals surface area (Å²) in [4.78, 5) is 4.43. The number of nitrogens with zero attached hydrogens (tertiary/aromatic N) is 2. The third-order valence-electron chi connectivity index (χ3n) is 3.43. The van der Waals surface area contributed by atoms with Crippen LogP contribution in [0.15, 0.2) is 0 Å². The molecule has 0 amide bonds. The van der Waals surface area contributed by atoms with E-state index in [4.69, 9.17) is 5.41 Å². The van der Waals surface area contributed by atoms with E-state index in [1.54, 1.807) is 0 Å². The van der Waals surface area contributed by atoms with Crippen LogP contribution in [0, 0.1) is 5.41 Å². The molecule has 3 heteroatoms. The van der Waals surface area contributed by atoms with Crippen LogP contribution in [0.1, 0.15) is 33.1 Å². The molecule has 0 aromatic heterocycles. The molecule has 2 fully saturated rings. The Morgan fingerprint density at radius 2 is 1.92 bits per heavy atom. The lowest BCUT2D eigenvalue weighted by molar-refractivity contribution is 0.271. The molecule has 1 aliphatic heterocycles. The average molecular weight is 181 g/mol. The standard InChI is InChI=1S/C10H19N3/c1-7(2)13-9-6-4-5-8(9)12(3)10(13)11/h7-9,11H,4-6H2,1-3H3. The Balaban J connectivity index is 2.23. The predicted octanol–water partition coefficient (Wildman–Crippen LogP) is 1.50. The highest BCUT2D eigenvalue weighted by Crippen LogP contribution is 2.34. The van der Waals surface area contributed by atoms with Gasteiger partial charge in [-0.3, -0.25) is 5.41 Å². The molecule has 3 nitrogen and oxygen atoms in total.